The van der Waals surface area contributed by atoms with Crippen molar-refractivity contribution < 1.29 is 29.1 Å². The number of aliphatic carboxylic acids is 1. The Balaban J connectivity index is 2.81. The topological polar surface area (TPSA) is 185 Å². The molecule has 7 N–H and O–H groups in total. The normalized spacial score (nSPS) is 18.9. The molecule has 0 radical (unpaired) electrons. The molecule has 31 heavy (non-hydrogen) atoms. The largest absolute Gasteiger partial charge is 0.480 e. The maximum absolute atomic E-state index is 13.0. The fraction of sp³-hybridized carbons (Fsp3) is 0.737. The first-order valence-corrected chi connectivity index (χ1v) is 10.9. The van der Waals surface area contributed by atoms with Crippen LogP contribution in [-0.2, 0) is 24.0 Å². The minimum atomic E-state index is -1.30. The van der Waals surface area contributed by atoms with Gasteiger partial charge in [0, 0.05) is 18.7 Å². The third kappa shape index (κ3) is 8.37. The van der Waals surface area contributed by atoms with Crippen molar-refractivity contribution >= 4 is 42.2 Å². The van der Waals surface area contributed by atoms with Crippen LogP contribution in [0.15, 0.2) is 0 Å². The molecule has 4 unspecified atom stereocenters. The number of thiol groups is 1. The Kier molecular flexibility index (Phi) is 10.8. The second-order valence-corrected chi connectivity index (χ2v) is 8.44. The van der Waals surface area contributed by atoms with Crippen molar-refractivity contribution in [2.45, 2.75) is 70.1 Å². The van der Waals surface area contributed by atoms with Gasteiger partial charge in [0.25, 0.3) is 0 Å². The highest BCUT2D eigenvalue weighted by molar-refractivity contribution is 7.80. The van der Waals surface area contributed by atoms with E-state index in [1.54, 1.807) is 0 Å². The van der Waals surface area contributed by atoms with Crippen molar-refractivity contribution in [2.75, 3.05) is 12.3 Å². The highest BCUT2D eigenvalue weighted by Gasteiger charge is 2.38. The van der Waals surface area contributed by atoms with E-state index >= 15 is 0 Å². The summed E-state index contributed by atoms with van der Waals surface area (Å²) in [6, 6.07) is -3.92. The second kappa shape index (κ2) is 12.5. The van der Waals surface area contributed by atoms with Gasteiger partial charge in [-0.2, -0.15) is 12.6 Å². The van der Waals surface area contributed by atoms with Gasteiger partial charge in [0.1, 0.15) is 18.1 Å². The number of carbonyl (C=O) groups excluding carboxylic acids is 4. The Bertz CT molecular complexity index is 689. The predicted octanol–water partition coefficient (Wildman–Crippen LogP) is -1.40. The van der Waals surface area contributed by atoms with E-state index in [9.17, 15) is 29.1 Å². The minimum Gasteiger partial charge on any atom is -0.480 e. The lowest BCUT2D eigenvalue weighted by Crippen LogP contribution is -2.57. The number of primary amides is 1. The van der Waals surface area contributed by atoms with Gasteiger partial charge in [0.15, 0.2) is 0 Å². The Morgan fingerprint density at radius 2 is 1.81 bits per heavy atom. The minimum absolute atomic E-state index is 0.0141. The number of nitrogens with zero attached hydrogens (tertiary/aromatic N) is 1. The lowest BCUT2D eigenvalue weighted by molar-refractivity contribution is -0.145. The van der Waals surface area contributed by atoms with Crippen LogP contribution in [-0.4, -0.2) is 76.1 Å². The molecule has 12 heteroatoms. The van der Waals surface area contributed by atoms with Gasteiger partial charge in [-0.3, -0.25) is 19.2 Å². The summed E-state index contributed by atoms with van der Waals surface area (Å²) in [4.78, 5) is 61.6. The fourth-order valence-electron chi connectivity index (χ4n) is 3.39. The first kappa shape index (κ1) is 26.7. The average Bonchev–Trinajstić information content (AvgIpc) is 3.17. The van der Waals surface area contributed by atoms with Crippen molar-refractivity contribution in [1.29, 1.82) is 0 Å². The third-order valence-corrected chi connectivity index (χ3v) is 5.36. The van der Waals surface area contributed by atoms with Crippen LogP contribution >= 0.6 is 12.6 Å². The Morgan fingerprint density at radius 1 is 1.16 bits per heavy atom. The van der Waals surface area contributed by atoms with Crippen molar-refractivity contribution in [2.24, 2.45) is 17.4 Å². The molecule has 0 aromatic rings. The number of carboxylic acids is 1. The molecule has 4 atom stereocenters. The van der Waals surface area contributed by atoms with Crippen LogP contribution in [0.5, 0.6) is 0 Å². The number of hydrogen-bond donors (Lipinski definition) is 6. The molecule has 1 saturated heterocycles. The number of carbonyl (C=O) groups is 5. The van der Waals surface area contributed by atoms with Gasteiger partial charge in [-0.25, -0.2) is 4.79 Å². The predicted molar refractivity (Wildman–Crippen MR) is 116 cm³/mol. The number of rotatable bonds is 12. The zero-order chi connectivity index (χ0) is 23.7. The molecule has 0 saturated carbocycles. The molecule has 1 fully saturated rings. The molecule has 1 rings (SSSR count). The molecule has 176 valence electrons. The molecule has 1 aliphatic heterocycles. The summed E-state index contributed by atoms with van der Waals surface area (Å²) in [5, 5.41) is 14.2. The van der Waals surface area contributed by atoms with E-state index < -0.39 is 53.8 Å². The number of nitrogens with one attached hydrogen (secondary N) is 2. The smallest absolute Gasteiger partial charge is 0.326 e. The summed E-state index contributed by atoms with van der Waals surface area (Å²) >= 11 is 4.15. The first-order valence-electron chi connectivity index (χ1n) is 10.3. The van der Waals surface area contributed by atoms with Crippen LogP contribution in [0.1, 0.15) is 46.0 Å². The summed E-state index contributed by atoms with van der Waals surface area (Å²) in [5.74, 6) is -3.36. The van der Waals surface area contributed by atoms with Crippen LogP contribution in [0.3, 0.4) is 0 Å². The number of carboxylic acid groups (broad SMARTS) is 1. The second-order valence-electron chi connectivity index (χ2n) is 8.07. The van der Waals surface area contributed by atoms with Gasteiger partial charge in [0.05, 0.1) is 6.04 Å². The molecule has 0 bridgehead atoms. The van der Waals surface area contributed by atoms with Gasteiger partial charge in [-0.15, -0.1) is 0 Å². The molecule has 0 spiro atoms. The average molecular weight is 460 g/mol. The molecule has 1 aliphatic rings. The summed E-state index contributed by atoms with van der Waals surface area (Å²) in [6.45, 7) is 4.14. The van der Waals surface area contributed by atoms with E-state index in [0.717, 1.165) is 0 Å². The summed E-state index contributed by atoms with van der Waals surface area (Å²) in [6.07, 6.45) is 0.994. The van der Waals surface area contributed by atoms with E-state index in [0.29, 0.717) is 19.3 Å². The maximum atomic E-state index is 13.0. The van der Waals surface area contributed by atoms with Crippen LogP contribution in [0, 0.1) is 5.92 Å². The van der Waals surface area contributed by atoms with E-state index in [4.69, 9.17) is 11.5 Å². The zero-order valence-corrected chi connectivity index (χ0v) is 18.8. The van der Waals surface area contributed by atoms with Gasteiger partial charge >= 0.3 is 5.97 Å². The van der Waals surface area contributed by atoms with Crippen molar-refractivity contribution in [1.82, 2.24) is 15.5 Å². The molecular weight excluding hydrogens is 426 g/mol. The Hall–Kier alpha value is -2.34. The zero-order valence-electron chi connectivity index (χ0n) is 17.9. The van der Waals surface area contributed by atoms with Gasteiger partial charge in [0.2, 0.25) is 23.6 Å². The van der Waals surface area contributed by atoms with Crippen LogP contribution in [0.25, 0.3) is 0 Å². The van der Waals surface area contributed by atoms with Crippen molar-refractivity contribution in [3.05, 3.63) is 0 Å². The highest BCUT2D eigenvalue weighted by Crippen LogP contribution is 2.19. The van der Waals surface area contributed by atoms with Gasteiger partial charge in [-0.1, -0.05) is 13.8 Å². The SMILES string of the molecule is CC(C)CC(N)C(=O)NC(CS)C(=O)N1CCCC1C(=O)NC(CCC(N)=O)C(=O)O. The monoisotopic (exact) mass is 459 g/mol. The van der Waals surface area contributed by atoms with Gasteiger partial charge < -0.3 is 32.1 Å². The Labute approximate surface area is 187 Å². The van der Waals surface area contributed by atoms with Crippen molar-refractivity contribution in [3.8, 4) is 0 Å². The lowest BCUT2D eigenvalue weighted by Gasteiger charge is -2.29. The summed E-state index contributed by atoms with van der Waals surface area (Å²) < 4.78 is 0. The standard InChI is InChI=1S/C19H33N5O6S/c1-10(2)8-11(20)16(26)23-13(9-31)18(28)24-7-3-4-14(24)17(27)22-12(19(29)30)5-6-15(21)25/h10-14,31H,3-9,20H2,1-2H3,(H2,21,25)(H,22,27)(H,23,26)(H,29,30). The van der Waals surface area contributed by atoms with Gasteiger partial charge in [-0.05, 0) is 31.6 Å². The van der Waals surface area contributed by atoms with E-state index in [2.05, 4.69) is 23.3 Å². The van der Waals surface area contributed by atoms with E-state index in [-0.39, 0.29) is 31.1 Å². The fourth-order valence-corrected chi connectivity index (χ4v) is 3.64. The molecule has 4 amide bonds. The van der Waals surface area contributed by atoms with E-state index in [1.807, 2.05) is 13.8 Å². The molecule has 0 aliphatic carbocycles. The maximum Gasteiger partial charge on any atom is 0.326 e. The number of amides is 4. The summed E-state index contributed by atoms with van der Waals surface area (Å²) in [5.41, 5.74) is 10.9. The van der Waals surface area contributed by atoms with E-state index in [1.165, 1.54) is 4.90 Å². The number of hydrogen-bond acceptors (Lipinski definition) is 7. The molecular formula is C19H33N5O6S. The molecule has 0 aromatic heterocycles. The quantitative estimate of drug-likeness (QED) is 0.194. The third-order valence-electron chi connectivity index (χ3n) is 4.99. The first-order chi connectivity index (χ1) is 14.5. The molecule has 11 nitrogen and oxygen atoms in total. The van der Waals surface area contributed by atoms with Crippen molar-refractivity contribution in [3.63, 3.8) is 0 Å². The number of nitrogens with two attached hydrogens (primary N) is 2. The molecule has 1 heterocycles. The summed E-state index contributed by atoms with van der Waals surface area (Å²) in [7, 11) is 0. The lowest BCUT2D eigenvalue weighted by atomic mass is 10.0. The number of likely N-dealkylation sites (tertiary alicyclic amines) is 1. The van der Waals surface area contributed by atoms with Crippen LogP contribution in [0.4, 0.5) is 0 Å². The molecule has 0 aromatic carbocycles. The van der Waals surface area contributed by atoms with Crippen LogP contribution in [0.2, 0.25) is 0 Å². The van der Waals surface area contributed by atoms with Crippen LogP contribution < -0.4 is 22.1 Å². The highest BCUT2D eigenvalue weighted by atomic mass is 32.1. The Morgan fingerprint density at radius 3 is 2.32 bits per heavy atom.